The molecular weight excluding hydrogens is 284 g/mol. The predicted octanol–water partition coefficient (Wildman–Crippen LogP) is 4.34. The smallest absolute Gasteiger partial charge is 0.246 e. The highest BCUT2D eigenvalue weighted by Crippen LogP contribution is 2.16. The van der Waals surface area contributed by atoms with E-state index in [1.165, 1.54) is 5.56 Å². The quantitative estimate of drug-likeness (QED) is 0.862. The van der Waals surface area contributed by atoms with Crippen molar-refractivity contribution < 1.29 is 4.79 Å². The maximum Gasteiger partial charge on any atom is 0.246 e. The zero-order valence-electron chi connectivity index (χ0n) is 12.2. The van der Waals surface area contributed by atoms with E-state index in [1.54, 1.807) is 18.2 Å². The molecule has 2 rings (SSSR count). The molecule has 0 saturated heterocycles. The monoisotopic (exact) mass is 302 g/mol. The fourth-order valence-corrected chi connectivity index (χ4v) is 2.16. The molecule has 0 aliphatic rings. The van der Waals surface area contributed by atoms with Gasteiger partial charge >= 0.3 is 0 Å². The molecule has 1 amide bonds. The van der Waals surface area contributed by atoms with Gasteiger partial charge in [-0.2, -0.15) is 0 Å². The molecule has 2 aromatic rings. The Kier molecular flexibility index (Phi) is 5.23. The summed E-state index contributed by atoms with van der Waals surface area (Å²) in [5, 5.41) is 6.62. The molecule has 1 unspecified atom stereocenters. The summed E-state index contributed by atoms with van der Waals surface area (Å²) in [4.78, 5) is 12.1. The van der Waals surface area contributed by atoms with Gasteiger partial charge in [0, 0.05) is 16.4 Å². The number of carbonyl (C=O) groups is 1. The van der Waals surface area contributed by atoms with Gasteiger partial charge in [-0.25, -0.2) is 0 Å². The van der Waals surface area contributed by atoms with Crippen molar-refractivity contribution in [3.63, 3.8) is 0 Å². The molecule has 0 saturated carbocycles. The molecule has 1 atom stereocenters. The molecule has 2 N–H and O–H groups in total. The van der Waals surface area contributed by atoms with Crippen LogP contribution in [0.5, 0.6) is 0 Å². The molecule has 3 nitrogen and oxygen atoms in total. The third-order valence-electron chi connectivity index (χ3n) is 3.23. The highest BCUT2D eigenvalue weighted by atomic mass is 35.5. The minimum atomic E-state index is -0.337. The highest BCUT2D eigenvalue weighted by Gasteiger charge is 2.12. The van der Waals surface area contributed by atoms with Gasteiger partial charge in [-0.1, -0.05) is 36.7 Å². The van der Waals surface area contributed by atoms with E-state index in [2.05, 4.69) is 29.7 Å². The van der Waals surface area contributed by atoms with E-state index < -0.39 is 0 Å². The van der Waals surface area contributed by atoms with E-state index in [9.17, 15) is 4.79 Å². The molecule has 0 fully saturated rings. The highest BCUT2D eigenvalue weighted by molar-refractivity contribution is 6.30. The number of aryl methyl sites for hydroxylation is 1. The molecule has 0 radical (unpaired) electrons. The Morgan fingerprint density at radius 1 is 1.14 bits per heavy atom. The van der Waals surface area contributed by atoms with Crippen LogP contribution in [-0.4, -0.2) is 11.9 Å². The molecule has 0 aliphatic heterocycles. The van der Waals surface area contributed by atoms with Crippen LogP contribution in [0.1, 0.15) is 19.4 Å². The second-order valence-electron chi connectivity index (χ2n) is 4.92. The molecule has 0 heterocycles. The lowest BCUT2D eigenvalue weighted by atomic mass is 10.1. The van der Waals surface area contributed by atoms with Gasteiger partial charge < -0.3 is 10.6 Å². The standard InChI is InChI=1S/C17H19ClN2O/c1-3-13-7-9-15(10-8-13)19-12(2)17(21)20-16-6-4-5-14(18)11-16/h4-12,19H,3H2,1-2H3,(H,20,21). The molecule has 4 heteroatoms. The first-order valence-electron chi connectivity index (χ1n) is 7.00. The Bertz CT molecular complexity index is 610. The van der Waals surface area contributed by atoms with Crippen LogP contribution in [0.3, 0.4) is 0 Å². The summed E-state index contributed by atoms with van der Waals surface area (Å²) in [6.07, 6.45) is 1.01. The van der Waals surface area contributed by atoms with Gasteiger partial charge in [-0.3, -0.25) is 4.79 Å². The third-order valence-corrected chi connectivity index (χ3v) is 3.47. The number of hydrogen-bond donors (Lipinski definition) is 2. The van der Waals surface area contributed by atoms with Crippen molar-refractivity contribution in [2.75, 3.05) is 10.6 Å². The number of amides is 1. The molecule has 0 aliphatic carbocycles. The average molecular weight is 303 g/mol. The summed E-state index contributed by atoms with van der Waals surface area (Å²) in [6.45, 7) is 3.94. The first kappa shape index (κ1) is 15.4. The first-order valence-corrected chi connectivity index (χ1v) is 7.38. The van der Waals surface area contributed by atoms with Crippen LogP contribution in [0.25, 0.3) is 0 Å². The number of benzene rings is 2. The topological polar surface area (TPSA) is 41.1 Å². The summed E-state index contributed by atoms with van der Waals surface area (Å²) in [5.74, 6) is -0.100. The first-order chi connectivity index (χ1) is 10.1. The average Bonchev–Trinajstić information content (AvgIpc) is 2.48. The lowest BCUT2D eigenvalue weighted by molar-refractivity contribution is -0.116. The van der Waals surface area contributed by atoms with E-state index in [0.29, 0.717) is 10.7 Å². The van der Waals surface area contributed by atoms with Crippen LogP contribution in [0.4, 0.5) is 11.4 Å². The van der Waals surface area contributed by atoms with Crippen LogP contribution in [0.2, 0.25) is 5.02 Å². The van der Waals surface area contributed by atoms with Gasteiger partial charge in [-0.05, 0) is 49.2 Å². The van der Waals surface area contributed by atoms with Gasteiger partial charge in [0.25, 0.3) is 0 Å². The third kappa shape index (κ3) is 4.50. The zero-order chi connectivity index (χ0) is 15.2. The minimum Gasteiger partial charge on any atom is -0.374 e. The Hall–Kier alpha value is -2.00. The van der Waals surface area contributed by atoms with Crippen molar-refractivity contribution in [3.8, 4) is 0 Å². The largest absolute Gasteiger partial charge is 0.374 e. The number of halogens is 1. The maximum absolute atomic E-state index is 12.1. The number of carbonyl (C=O) groups excluding carboxylic acids is 1. The van der Waals surface area contributed by atoms with Crippen molar-refractivity contribution in [1.82, 2.24) is 0 Å². The Labute approximate surface area is 130 Å². The summed E-state index contributed by atoms with van der Waals surface area (Å²) < 4.78 is 0. The lowest BCUT2D eigenvalue weighted by Crippen LogP contribution is -2.31. The van der Waals surface area contributed by atoms with Crippen LogP contribution in [0, 0.1) is 0 Å². The molecule has 0 aromatic heterocycles. The normalized spacial score (nSPS) is 11.8. The van der Waals surface area contributed by atoms with Crippen LogP contribution < -0.4 is 10.6 Å². The van der Waals surface area contributed by atoms with Crippen LogP contribution in [0.15, 0.2) is 48.5 Å². The number of anilines is 2. The number of nitrogens with one attached hydrogen (secondary N) is 2. The van der Waals surface area contributed by atoms with E-state index in [4.69, 9.17) is 11.6 Å². The summed E-state index contributed by atoms with van der Waals surface area (Å²) in [6, 6.07) is 14.9. The SMILES string of the molecule is CCc1ccc(NC(C)C(=O)Nc2cccc(Cl)c2)cc1. The van der Waals surface area contributed by atoms with Gasteiger partial charge in [0.05, 0.1) is 0 Å². The van der Waals surface area contributed by atoms with E-state index in [1.807, 2.05) is 25.1 Å². The van der Waals surface area contributed by atoms with Gasteiger partial charge in [0.15, 0.2) is 0 Å². The van der Waals surface area contributed by atoms with E-state index in [0.717, 1.165) is 12.1 Å². The van der Waals surface area contributed by atoms with Crippen molar-refractivity contribution in [2.45, 2.75) is 26.3 Å². The molecule has 0 spiro atoms. The number of hydrogen-bond acceptors (Lipinski definition) is 2. The summed E-state index contributed by atoms with van der Waals surface area (Å²) in [5.41, 5.74) is 2.90. The van der Waals surface area contributed by atoms with Crippen molar-refractivity contribution in [3.05, 3.63) is 59.1 Å². The molecular formula is C17H19ClN2O. The second-order valence-corrected chi connectivity index (χ2v) is 5.35. The van der Waals surface area contributed by atoms with Crippen LogP contribution in [-0.2, 0) is 11.2 Å². The predicted molar refractivity (Wildman–Crippen MR) is 89.0 cm³/mol. The number of rotatable bonds is 5. The van der Waals surface area contributed by atoms with Crippen molar-refractivity contribution >= 4 is 28.9 Å². The maximum atomic E-state index is 12.1. The van der Waals surface area contributed by atoms with Gasteiger partial charge in [0.1, 0.15) is 6.04 Å². The van der Waals surface area contributed by atoms with Gasteiger partial charge in [0.2, 0.25) is 5.91 Å². The molecule has 0 bridgehead atoms. The fourth-order valence-electron chi connectivity index (χ4n) is 1.97. The lowest BCUT2D eigenvalue weighted by Gasteiger charge is -2.15. The van der Waals surface area contributed by atoms with Crippen molar-refractivity contribution in [1.29, 1.82) is 0 Å². The molecule has 2 aromatic carbocycles. The Morgan fingerprint density at radius 2 is 1.86 bits per heavy atom. The zero-order valence-corrected chi connectivity index (χ0v) is 12.9. The summed E-state index contributed by atoms with van der Waals surface area (Å²) in [7, 11) is 0. The fraction of sp³-hybridized carbons (Fsp3) is 0.235. The minimum absolute atomic E-state index is 0.100. The second kappa shape index (κ2) is 7.14. The Balaban J connectivity index is 1.95. The van der Waals surface area contributed by atoms with Crippen molar-refractivity contribution in [2.24, 2.45) is 0 Å². The van der Waals surface area contributed by atoms with Crippen LogP contribution >= 0.6 is 11.6 Å². The molecule has 21 heavy (non-hydrogen) atoms. The molecule has 110 valence electrons. The van der Waals surface area contributed by atoms with E-state index in [-0.39, 0.29) is 11.9 Å². The Morgan fingerprint density at radius 3 is 2.48 bits per heavy atom. The summed E-state index contributed by atoms with van der Waals surface area (Å²) >= 11 is 5.90. The van der Waals surface area contributed by atoms with Gasteiger partial charge in [-0.15, -0.1) is 0 Å². The van der Waals surface area contributed by atoms with E-state index >= 15 is 0 Å².